The molecule has 1 unspecified atom stereocenters. The molecule has 0 saturated heterocycles. The first-order valence-electron chi connectivity index (χ1n) is 12.6. The number of tetrazole rings is 1. The Morgan fingerprint density at radius 3 is 2.53 bits per heavy atom. The molecule has 38 heavy (non-hydrogen) atoms. The number of nitrogens with one attached hydrogen (secondary N) is 1. The summed E-state index contributed by atoms with van der Waals surface area (Å²) in [5.41, 5.74) is 2.67. The minimum absolute atomic E-state index is 0.0327. The molecule has 0 radical (unpaired) electrons. The van der Waals surface area contributed by atoms with Crippen molar-refractivity contribution in [1.82, 2.24) is 30.5 Å². The summed E-state index contributed by atoms with van der Waals surface area (Å²) < 4.78 is 14.3. The molecular weight excluding hydrogens is 485 g/mol. The highest BCUT2D eigenvalue weighted by molar-refractivity contribution is 6.01. The van der Waals surface area contributed by atoms with Crippen molar-refractivity contribution in [2.45, 2.75) is 51.2 Å². The predicted octanol–water partition coefficient (Wildman–Crippen LogP) is 4.02. The zero-order valence-electron chi connectivity index (χ0n) is 21.0. The number of nitrogens with zero attached hydrogens (tertiary/aromatic N) is 6. The minimum Gasteiger partial charge on any atom is -0.351 e. The van der Waals surface area contributed by atoms with Crippen LogP contribution in [0.2, 0.25) is 0 Å². The van der Waals surface area contributed by atoms with Crippen molar-refractivity contribution >= 4 is 17.5 Å². The van der Waals surface area contributed by atoms with Crippen LogP contribution in [0.15, 0.2) is 73.1 Å². The summed E-state index contributed by atoms with van der Waals surface area (Å²) in [6.07, 6.45) is 6.97. The quantitative estimate of drug-likeness (QED) is 0.382. The number of pyridine rings is 1. The first kappa shape index (κ1) is 25.2. The van der Waals surface area contributed by atoms with E-state index >= 15 is 0 Å². The van der Waals surface area contributed by atoms with Gasteiger partial charge in [0, 0.05) is 29.7 Å². The van der Waals surface area contributed by atoms with Crippen LogP contribution in [0.5, 0.6) is 0 Å². The number of hydrogen-bond acceptors (Lipinski definition) is 6. The maximum Gasteiger partial charge on any atom is 0.251 e. The molecule has 0 aliphatic heterocycles. The van der Waals surface area contributed by atoms with Gasteiger partial charge in [0.15, 0.2) is 0 Å². The van der Waals surface area contributed by atoms with E-state index in [2.05, 4.69) is 25.7 Å². The van der Waals surface area contributed by atoms with E-state index in [0.29, 0.717) is 11.4 Å². The molecule has 4 aromatic rings. The second kappa shape index (κ2) is 11.3. The molecule has 2 heterocycles. The predicted molar refractivity (Wildman–Crippen MR) is 139 cm³/mol. The number of carbonyl (C=O) groups is 2. The summed E-state index contributed by atoms with van der Waals surface area (Å²) in [5.74, 6) is -0.982. The lowest BCUT2D eigenvalue weighted by molar-refractivity contribution is -0.127. The molecule has 194 valence electrons. The Kier molecular flexibility index (Phi) is 7.48. The normalized spacial score (nSPS) is 14.3. The van der Waals surface area contributed by atoms with Crippen LogP contribution in [-0.2, 0) is 16.1 Å². The maximum absolute atomic E-state index is 14.3. The van der Waals surface area contributed by atoms with Crippen LogP contribution >= 0.6 is 0 Å². The summed E-state index contributed by atoms with van der Waals surface area (Å²) in [5, 5.41) is 15.6. The van der Waals surface area contributed by atoms with Crippen LogP contribution in [0.1, 0.15) is 42.9 Å². The Labute approximate surface area is 219 Å². The third-order valence-electron chi connectivity index (χ3n) is 6.62. The molecule has 1 saturated carbocycles. The van der Waals surface area contributed by atoms with Crippen molar-refractivity contribution in [3.8, 4) is 11.4 Å². The molecule has 5 rings (SSSR count). The van der Waals surface area contributed by atoms with Crippen LogP contribution in [0.25, 0.3) is 11.4 Å². The van der Waals surface area contributed by atoms with Crippen molar-refractivity contribution in [2.75, 3.05) is 4.90 Å². The maximum atomic E-state index is 14.3. The Balaban J connectivity index is 1.49. The summed E-state index contributed by atoms with van der Waals surface area (Å²) in [6.45, 7) is 1.68. The van der Waals surface area contributed by atoms with E-state index in [-0.39, 0.29) is 24.2 Å². The molecule has 2 aromatic carbocycles. The lowest BCUT2D eigenvalue weighted by atomic mass is 10.0. The number of aryl methyl sites for hydroxylation is 1. The van der Waals surface area contributed by atoms with Gasteiger partial charge >= 0.3 is 0 Å². The van der Waals surface area contributed by atoms with Crippen LogP contribution in [0, 0.1) is 12.7 Å². The van der Waals surface area contributed by atoms with Gasteiger partial charge in [-0.15, -0.1) is 10.2 Å². The number of hydrogen-bond donors (Lipinski definition) is 1. The Hall–Kier alpha value is -4.47. The molecule has 9 nitrogen and oxygen atoms in total. The lowest BCUT2D eigenvalue weighted by Gasteiger charge is -2.32. The van der Waals surface area contributed by atoms with Crippen LogP contribution in [-0.4, -0.2) is 43.0 Å². The number of halogens is 1. The third kappa shape index (κ3) is 5.74. The smallest absolute Gasteiger partial charge is 0.251 e. The fraction of sp³-hybridized carbons (Fsp3) is 0.286. The zero-order valence-corrected chi connectivity index (χ0v) is 21.0. The van der Waals surface area contributed by atoms with Gasteiger partial charge in [-0.05, 0) is 60.9 Å². The average Bonchev–Trinajstić information content (AvgIpc) is 3.60. The number of anilines is 1. The van der Waals surface area contributed by atoms with Crippen molar-refractivity contribution in [3.63, 3.8) is 0 Å². The lowest BCUT2D eigenvalue weighted by Crippen LogP contribution is -2.47. The molecule has 1 aliphatic rings. The van der Waals surface area contributed by atoms with Gasteiger partial charge in [0.05, 0.1) is 0 Å². The van der Waals surface area contributed by atoms with Gasteiger partial charge in [-0.2, -0.15) is 4.80 Å². The molecule has 1 fully saturated rings. The van der Waals surface area contributed by atoms with Gasteiger partial charge < -0.3 is 5.32 Å². The minimum atomic E-state index is -1.05. The Morgan fingerprint density at radius 2 is 1.82 bits per heavy atom. The van der Waals surface area contributed by atoms with Crippen LogP contribution in [0.3, 0.4) is 0 Å². The van der Waals surface area contributed by atoms with E-state index in [9.17, 15) is 14.0 Å². The van der Waals surface area contributed by atoms with E-state index < -0.39 is 17.8 Å². The van der Waals surface area contributed by atoms with Gasteiger partial charge in [-0.25, -0.2) is 4.39 Å². The van der Waals surface area contributed by atoms with E-state index in [0.717, 1.165) is 36.8 Å². The van der Waals surface area contributed by atoms with E-state index in [1.165, 1.54) is 27.9 Å². The van der Waals surface area contributed by atoms with Gasteiger partial charge in [0.1, 0.15) is 18.4 Å². The highest BCUT2D eigenvalue weighted by atomic mass is 19.1. The fourth-order valence-electron chi connectivity index (χ4n) is 4.70. The molecule has 0 spiro atoms. The second-order valence-electron chi connectivity index (χ2n) is 9.43. The summed E-state index contributed by atoms with van der Waals surface area (Å²) in [6, 6.07) is 15.6. The van der Waals surface area contributed by atoms with Crippen LogP contribution in [0.4, 0.5) is 10.1 Å². The largest absolute Gasteiger partial charge is 0.351 e. The zero-order chi connectivity index (χ0) is 26.5. The number of carbonyl (C=O) groups excluding carboxylic acids is 2. The summed E-state index contributed by atoms with van der Waals surface area (Å²) >= 11 is 0. The van der Waals surface area contributed by atoms with Crippen molar-refractivity contribution in [3.05, 3.63) is 90.0 Å². The van der Waals surface area contributed by atoms with E-state index in [1.54, 1.807) is 30.6 Å². The number of rotatable bonds is 8. The van der Waals surface area contributed by atoms with Crippen LogP contribution < -0.4 is 10.2 Å². The fourth-order valence-corrected chi connectivity index (χ4v) is 4.70. The topological polar surface area (TPSA) is 106 Å². The molecular formula is C28H28FN7O2. The number of amides is 2. The van der Waals surface area contributed by atoms with Crippen molar-refractivity contribution in [2.24, 2.45) is 0 Å². The monoisotopic (exact) mass is 513 g/mol. The average molecular weight is 514 g/mol. The molecule has 0 bridgehead atoms. The SMILES string of the molecule is Cc1ccc(-c2nnn(CC(=O)N(c3cccc(F)c3)C(C(=O)NC3CCCC3)c3ccncc3)n2)cc1. The first-order valence-corrected chi connectivity index (χ1v) is 12.6. The van der Waals surface area contributed by atoms with Gasteiger partial charge in [-0.3, -0.25) is 19.5 Å². The van der Waals surface area contributed by atoms with Crippen molar-refractivity contribution in [1.29, 1.82) is 0 Å². The van der Waals surface area contributed by atoms with E-state index in [4.69, 9.17) is 0 Å². The standard InChI is InChI=1S/C28H28FN7O2/c1-19-9-11-21(12-10-19)27-32-34-35(33-27)18-25(37)36(24-8-4-5-22(29)17-24)26(20-13-15-30-16-14-20)28(38)31-23-6-2-3-7-23/h4-5,8-17,23,26H,2-3,6-7,18H2,1H3,(H,31,38). The molecule has 10 heteroatoms. The molecule has 1 aliphatic carbocycles. The van der Waals surface area contributed by atoms with Crippen molar-refractivity contribution < 1.29 is 14.0 Å². The van der Waals surface area contributed by atoms with Gasteiger partial charge in [0.25, 0.3) is 5.91 Å². The highest BCUT2D eigenvalue weighted by Crippen LogP contribution is 2.30. The summed E-state index contributed by atoms with van der Waals surface area (Å²) in [4.78, 5) is 34.1. The summed E-state index contributed by atoms with van der Waals surface area (Å²) in [7, 11) is 0. The number of aromatic nitrogens is 5. The third-order valence-corrected chi connectivity index (χ3v) is 6.62. The molecule has 2 amide bonds. The van der Waals surface area contributed by atoms with Gasteiger partial charge in [-0.1, -0.05) is 48.7 Å². The highest BCUT2D eigenvalue weighted by Gasteiger charge is 2.35. The molecule has 1 N–H and O–H groups in total. The number of benzene rings is 2. The van der Waals surface area contributed by atoms with E-state index in [1.807, 2.05) is 31.2 Å². The molecule has 1 atom stereocenters. The Morgan fingerprint density at radius 1 is 1.08 bits per heavy atom. The first-order chi connectivity index (χ1) is 18.5. The van der Waals surface area contributed by atoms with Gasteiger partial charge in [0.2, 0.25) is 11.7 Å². The Bertz CT molecular complexity index is 1400. The second-order valence-corrected chi connectivity index (χ2v) is 9.43. The molecule has 2 aromatic heterocycles.